The molecule has 30 heavy (non-hydrogen) atoms. The largest absolute Gasteiger partial charge is 0.472 e. The van der Waals surface area contributed by atoms with E-state index in [4.69, 9.17) is 4.42 Å². The molecule has 0 aliphatic heterocycles. The highest BCUT2D eigenvalue weighted by Gasteiger charge is 2.10. The molecular formula is C24H18N4O2. The van der Waals surface area contributed by atoms with Crippen molar-refractivity contribution >= 4 is 11.6 Å². The highest BCUT2D eigenvalue weighted by atomic mass is 16.3. The second kappa shape index (κ2) is 7.33. The second-order valence-corrected chi connectivity index (χ2v) is 6.89. The number of amides is 1. The van der Waals surface area contributed by atoms with Crippen LogP contribution in [0.3, 0.4) is 0 Å². The van der Waals surface area contributed by atoms with E-state index in [0.29, 0.717) is 5.56 Å². The molecule has 1 aromatic carbocycles. The van der Waals surface area contributed by atoms with Gasteiger partial charge >= 0.3 is 0 Å². The molecule has 0 radical (unpaired) electrons. The van der Waals surface area contributed by atoms with Crippen LogP contribution in [0.25, 0.3) is 39.3 Å². The molecule has 0 saturated carbocycles. The van der Waals surface area contributed by atoms with Gasteiger partial charge in [0.05, 0.1) is 30.1 Å². The molecule has 0 unspecified atom stereocenters. The van der Waals surface area contributed by atoms with Crippen molar-refractivity contribution in [1.29, 1.82) is 0 Å². The third kappa shape index (κ3) is 3.14. The van der Waals surface area contributed by atoms with Crippen molar-refractivity contribution < 1.29 is 9.21 Å². The van der Waals surface area contributed by atoms with Gasteiger partial charge in [-0.2, -0.15) is 0 Å². The third-order valence-electron chi connectivity index (χ3n) is 5.09. The summed E-state index contributed by atoms with van der Waals surface area (Å²) < 4.78 is 7.25. The highest BCUT2D eigenvalue weighted by molar-refractivity contribution is 5.94. The van der Waals surface area contributed by atoms with Gasteiger partial charge in [0.2, 0.25) is 0 Å². The average Bonchev–Trinajstić information content (AvgIpc) is 3.48. The summed E-state index contributed by atoms with van der Waals surface area (Å²) in [4.78, 5) is 20.8. The Balaban J connectivity index is 1.56. The molecule has 5 rings (SSSR count). The van der Waals surface area contributed by atoms with E-state index in [0.717, 1.165) is 39.3 Å². The smallest absolute Gasteiger partial charge is 0.251 e. The van der Waals surface area contributed by atoms with Crippen molar-refractivity contribution in [3.63, 3.8) is 0 Å². The topological polar surface area (TPSA) is 72.4 Å². The van der Waals surface area contributed by atoms with Crippen LogP contribution in [-0.2, 0) is 0 Å². The minimum Gasteiger partial charge on any atom is -0.472 e. The lowest BCUT2D eigenvalue weighted by molar-refractivity contribution is 0.0963. The Labute approximate surface area is 172 Å². The fraction of sp³-hybridized carbons (Fsp3) is 0.0417. The van der Waals surface area contributed by atoms with Gasteiger partial charge in [-0.25, -0.2) is 4.98 Å². The summed E-state index contributed by atoms with van der Waals surface area (Å²) in [6, 6.07) is 17.5. The van der Waals surface area contributed by atoms with Gasteiger partial charge < -0.3 is 9.73 Å². The molecule has 0 atom stereocenters. The van der Waals surface area contributed by atoms with Crippen molar-refractivity contribution in [1.82, 2.24) is 19.7 Å². The average molecular weight is 394 g/mol. The van der Waals surface area contributed by atoms with Crippen molar-refractivity contribution in [2.75, 3.05) is 7.05 Å². The summed E-state index contributed by atoms with van der Waals surface area (Å²) in [6.07, 6.45) is 9.03. The van der Waals surface area contributed by atoms with Gasteiger partial charge in [-0.05, 0) is 53.6 Å². The summed E-state index contributed by atoms with van der Waals surface area (Å²) in [5.41, 5.74) is 7.32. The van der Waals surface area contributed by atoms with Gasteiger partial charge in [-0.15, -0.1) is 0 Å². The van der Waals surface area contributed by atoms with Gasteiger partial charge in [0.25, 0.3) is 5.91 Å². The molecule has 1 N–H and O–H groups in total. The quantitative estimate of drug-likeness (QED) is 0.480. The molecule has 1 amide bonds. The summed E-state index contributed by atoms with van der Waals surface area (Å²) in [6.45, 7) is 0. The van der Waals surface area contributed by atoms with Crippen LogP contribution in [0.4, 0.5) is 0 Å². The van der Waals surface area contributed by atoms with E-state index >= 15 is 0 Å². The minimum atomic E-state index is -0.0972. The highest BCUT2D eigenvalue weighted by Crippen LogP contribution is 2.28. The molecule has 0 aliphatic carbocycles. The van der Waals surface area contributed by atoms with Gasteiger partial charge in [0.1, 0.15) is 5.65 Å². The number of carbonyl (C=O) groups is 1. The van der Waals surface area contributed by atoms with Crippen molar-refractivity contribution in [3.8, 4) is 33.6 Å². The first kappa shape index (κ1) is 17.9. The second-order valence-electron chi connectivity index (χ2n) is 6.89. The lowest BCUT2D eigenvalue weighted by Gasteiger charge is -2.08. The maximum Gasteiger partial charge on any atom is 0.251 e. The van der Waals surface area contributed by atoms with Crippen LogP contribution >= 0.6 is 0 Å². The van der Waals surface area contributed by atoms with Crippen LogP contribution in [0.2, 0.25) is 0 Å². The fourth-order valence-corrected chi connectivity index (χ4v) is 3.48. The van der Waals surface area contributed by atoms with Crippen molar-refractivity contribution in [2.45, 2.75) is 0 Å². The molecule has 6 nitrogen and oxygen atoms in total. The molecule has 4 aromatic heterocycles. The first-order valence-corrected chi connectivity index (χ1v) is 9.51. The Morgan fingerprint density at radius 2 is 1.77 bits per heavy atom. The van der Waals surface area contributed by atoms with Gasteiger partial charge in [-0.3, -0.25) is 14.2 Å². The zero-order valence-electron chi connectivity index (χ0n) is 16.2. The number of fused-ring (bicyclic) bond motifs is 1. The van der Waals surface area contributed by atoms with Crippen LogP contribution in [0.5, 0.6) is 0 Å². The summed E-state index contributed by atoms with van der Waals surface area (Å²) in [7, 11) is 1.63. The van der Waals surface area contributed by atoms with Crippen molar-refractivity contribution in [2.24, 2.45) is 0 Å². The number of rotatable bonds is 4. The number of furan rings is 1. The number of aromatic nitrogens is 3. The number of hydrogen-bond acceptors (Lipinski definition) is 4. The standard InChI is InChI=1S/C24H18N4O2/c1-25-24(29)17-4-2-16(3-5-17)19-6-7-23-27-13-22(28(23)14-19)18-8-10-26-21(12-18)20-9-11-30-15-20/h2-15H,1H3,(H,25,29). The Kier molecular flexibility index (Phi) is 4.37. The van der Waals surface area contributed by atoms with E-state index in [1.807, 2.05) is 60.8 Å². The normalized spacial score (nSPS) is 11.0. The minimum absolute atomic E-state index is 0.0972. The molecule has 0 fully saturated rings. The number of pyridine rings is 2. The maximum atomic E-state index is 11.8. The number of nitrogens with zero attached hydrogens (tertiary/aromatic N) is 3. The third-order valence-corrected chi connectivity index (χ3v) is 5.09. The molecule has 0 aliphatic rings. The molecule has 0 spiro atoms. The van der Waals surface area contributed by atoms with Gasteiger partial charge in [0.15, 0.2) is 0 Å². The molecule has 0 bridgehead atoms. The molecule has 4 heterocycles. The lowest BCUT2D eigenvalue weighted by atomic mass is 10.1. The Hall–Kier alpha value is -4.19. The Morgan fingerprint density at radius 3 is 2.53 bits per heavy atom. The van der Waals surface area contributed by atoms with Gasteiger partial charge in [-0.1, -0.05) is 12.1 Å². The van der Waals surface area contributed by atoms with Crippen LogP contribution in [0.1, 0.15) is 10.4 Å². The van der Waals surface area contributed by atoms with Crippen LogP contribution in [0.15, 0.2) is 90.1 Å². The lowest BCUT2D eigenvalue weighted by Crippen LogP contribution is -2.17. The van der Waals surface area contributed by atoms with E-state index < -0.39 is 0 Å². The number of imidazole rings is 1. The Bertz CT molecular complexity index is 1340. The van der Waals surface area contributed by atoms with Crippen molar-refractivity contribution in [3.05, 3.63) is 91.3 Å². The summed E-state index contributed by atoms with van der Waals surface area (Å²) in [5.74, 6) is -0.0972. The first-order chi connectivity index (χ1) is 14.7. The monoisotopic (exact) mass is 394 g/mol. The van der Waals surface area contributed by atoms with Gasteiger partial charge in [0, 0.05) is 36.1 Å². The number of carbonyl (C=O) groups excluding carboxylic acids is 1. The van der Waals surface area contributed by atoms with Crippen LogP contribution in [0, 0.1) is 0 Å². The SMILES string of the molecule is CNC(=O)c1ccc(-c2ccc3ncc(-c4ccnc(-c5ccoc5)c4)n3c2)cc1. The zero-order valence-corrected chi connectivity index (χ0v) is 16.2. The molecule has 5 aromatic rings. The Morgan fingerprint density at radius 1 is 0.933 bits per heavy atom. The predicted octanol–water partition coefficient (Wildman–Crippen LogP) is 4.68. The number of nitrogens with one attached hydrogen (secondary N) is 1. The van der Waals surface area contributed by atoms with E-state index in [1.54, 1.807) is 25.8 Å². The van der Waals surface area contributed by atoms with E-state index in [1.165, 1.54) is 0 Å². The zero-order chi connectivity index (χ0) is 20.5. The molecular weight excluding hydrogens is 376 g/mol. The maximum absolute atomic E-state index is 11.8. The molecule has 0 saturated heterocycles. The summed E-state index contributed by atoms with van der Waals surface area (Å²) in [5, 5.41) is 2.64. The molecule has 146 valence electrons. The van der Waals surface area contributed by atoms with E-state index in [-0.39, 0.29) is 5.91 Å². The number of hydrogen-bond donors (Lipinski definition) is 1. The van der Waals surface area contributed by atoms with E-state index in [9.17, 15) is 4.79 Å². The van der Waals surface area contributed by atoms with Crippen LogP contribution < -0.4 is 5.32 Å². The van der Waals surface area contributed by atoms with Crippen LogP contribution in [-0.4, -0.2) is 27.3 Å². The summed E-state index contributed by atoms with van der Waals surface area (Å²) >= 11 is 0. The van der Waals surface area contributed by atoms with E-state index in [2.05, 4.69) is 25.9 Å². The fourth-order valence-electron chi connectivity index (χ4n) is 3.48. The predicted molar refractivity (Wildman–Crippen MR) is 115 cm³/mol. The number of benzene rings is 1. The first-order valence-electron chi connectivity index (χ1n) is 9.51. The molecule has 6 heteroatoms.